The predicted octanol–water partition coefficient (Wildman–Crippen LogP) is 2.95. The van der Waals surface area contributed by atoms with Gasteiger partial charge in [-0.3, -0.25) is 0 Å². The average molecular weight is 303 g/mol. The van der Waals surface area contributed by atoms with Gasteiger partial charge in [-0.05, 0) is 48.0 Å². The van der Waals surface area contributed by atoms with E-state index in [9.17, 15) is 4.79 Å². The molecule has 0 unspecified atom stereocenters. The van der Waals surface area contributed by atoms with Crippen LogP contribution in [0.15, 0.2) is 22.7 Å². The van der Waals surface area contributed by atoms with E-state index in [0.29, 0.717) is 23.4 Å². The molecule has 0 aliphatic heterocycles. The number of carbonyl (C=O) groups is 1. The second-order valence-electron chi connectivity index (χ2n) is 3.72. The number of rotatable bonds is 6. The largest absolute Gasteiger partial charge is 0.490 e. The summed E-state index contributed by atoms with van der Waals surface area (Å²) in [7, 11) is 0. The smallest absolute Gasteiger partial charge is 0.335 e. The average Bonchev–Trinajstić information content (AvgIpc) is 2.25. The standard InChI is InChI=1S/C12H15BrO4/c1-8(2)16-5-6-17-11-4-3-9(12(14)15)7-10(11)13/h3-4,7-8H,5-6H2,1-2H3,(H,14,15). The normalized spacial score (nSPS) is 10.6. The van der Waals surface area contributed by atoms with Crippen LogP contribution in [-0.4, -0.2) is 30.4 Å². The third-order valence-electron chi connectivity index (χ3n) is 1.97. The lowest BCUT2D eigenvalue weighted by atomic mass is 10.2. The first kappa shape index (κ1) is 14.0. The maximum absolute atomic E-state index is 10.7. The van der Waals surface area contributed by atoms with Crippen LogP contribution in [0.25, 0.3) is 0 Å². The number of carboxylic acid groups (broad SMARTS) is 1. The molecule has 0 saturated heterocycles. The van der Waals surface area contributed by atoms with Crippen LogP contribution in [0.3, 0.4) is 0 Å². The SMILES string of the molecule is CC(C)OCCOc1ccc(C(=O)O)cc1Br. The number of aromatic carboxylic acids is 1. The molecule has 94 valence electrons. The summed E-state index contributed by atoms with van der Waals surface area (Å²) in [6.07, 6.45) is 0.177. The van der Waals surface area contributed by atoms with Gasteiger partial charge in [-0.1, -0.05) is 0 Å². The third-order valence-corrected chi connectivity index (χ3v) is 2.59. The van der Waals surface area contributed by atoms with Crippen molar-refractivity contribution in [1.82, 2.24) is 0 Å². The Labute approximate surface area is 109 Å². The Balaban J connectivity index is 2.52. The second kappa shape index (κ2) is 6.61. The van der Waals surface area contributed by atoms with Crippen LogP contribution in [0.1, 0.15) is 24.2 Å². The summed E-state index contributed by atoms with van der Waals surface area (Å²) in [6, 6.07) is 4.65. The number of carboxylic acids is 1. The molecule has 1 aromatic carbocycles. The molecule has 0 amide bonds. The Kier molecular flexibility index (Phi) is 5.44. The Hall–Kier alpha value is -1.07. The zero-order valence-electron chi connectivity index (χ0n) is 9.77. The number of hydrogen-bond acceptors (Lipinski definition) is 3. The van der Waals surface area contributed by atoms with Gasteiger partial charge in [-0.2, -0.15) is 0 Å². The van der Waals surface area contributed by atoms with Gasteiger partial charge < -0.3 is 14.6 Å². The quantitative estimate of drug-likeness (QED) is 0.821. The van der Waals surface area contributed by atoms with Gasteiger partial charge in [-0.25, -0.2) is 4.79 Å². The van der Waals surface area contributed by atoms with E-state index in [1.54, 1.807) is 6.07 Å². The number of ether oxygens (including phenoxy) is 2. The Morgan fingerprint density at radius 1 is 1.41 bits per heavy atom. The van der Waals surface area contributed by atoms with Gasteiger partial charge in [0.1, 0.15) is 12.4 Å². The summed E-state index contributed by atoms with van der Waals surface area (Å²) in [6.45, 7) is 4.85. The number of hydrogen-bond donors (Lipinski definition) is 1. The Bertz CT molecular complexity index is 390. The van der Waals surface area contributed by atoms with Crippen LogP contribution >= 0.6 is 15.9 Å². The topological polar surface area (TPSA) is 55.8 Å². The summed E-state index contributed by atoms with van der Waals surface area (Å²) >= 11 is 3.27. The third kappa shape index (κ3) is 4.75. The molecule has 0 atom stereocenters. The van der Waals surface area contributed by atoms with Crippen LogP contribution < -0.4 is 4.74 Å². The molecule has 1 rings (SSSR count). The van der Waals surface area contributed by atoms with Crippen molar-refractivity contribution >= 4 is 21.9 Å². The minimum absolute atomic E-state index is 0.177. The first-order chi connectivity index (χ1) is 8.00. The number of halogens is 1. The van der Waals surface area contributed by atoms with E-state index in [0.717, 1.165) is 0 Å². The molecule has 0 radical (unpaired) electrons. The van der Waals surface area contributed by atoms with Crippen LogP contribution in [-0.2, 0) is 4.74 Å². The summed E-state index contributed by atoms with van der Waals surface area (Å²) in [5, 5.41) is 8.79. The molecule has 0 heterocycles. The highest BCUT2D eigenvalue weighted by molar-refractivity contribution is 9.10. The van der Waals surface area contributed by atoms with Crippen molar-refractivity contribution < 1.29 is 19.4 Å². The van der Waals surface area contributed by atoms with E-state index < -0.39 is 5.97 Å². The molecule has 4 nitrogen and oxygen atoms in total. The van der Waals surface area contributed by atoms with E-state index in [4.69, 9.17) is 14.6 Å². The van der Waals surface area contributed by atoms with Gasteiger partial charge in [0.2, 0.25) is 0 Å². The number of benzene rings is 1. The fourth-order valence-electron chi connectivity index (χ4n) is 1.19. The molecule has 0 aliphatic carbocycles. The minimum Gasteiger partial charge on any atom is -0.490 e. The molecule has 17 heavy (non-hydrogen) atoms. The highest BCUT2D eigenvalue weighted by Crippen LogP contribution is 2.25. The summed E-state index contributed by atoms with van der Waals surface area (Å²) in [5.41, 5.74) is 0.225. The van der Waals surface area contributed by atoms with E-state index >= 15 is 0 Å². The first-order valence-electron chi connectivity index (χ1n) is 5.28. The first-order valence-corrected chi connectivity index (χ1v) is 6.07. The molecule has 1 aromatic rings. The van der Waals surface area contributed by atoms with E-state index in [-0.39, 0.29) is 11.7 Å². The van der Waals surface area contributed by atoms with Crippen molar-refractivity contribution in [2.24, 2.45) is 0 Å². The van der Waals surface area contributed by atoms with Crippen molar-refractivity contribution in [3.8, 4) is 5.75 Å². The zero-order valence-corrected chi connectivity index (χ0v) is 11.4. The minimum atomic E-state index is -0.958. The maximum Gasteiger partial charge on any atom is 0.335 e. The van der Waals surface area contributed by atoms with E-state index in [1.165, 1.54) is 12.1 Å². The van der Waals surface area contributed by atoms with Gasteiger partial charge in [0.05, 0.1) is 22.7 Å². The van der Waals surface area contributed by atoms with E-state index in [2.05, 4.69) is 15.9 Å². The molecule has 0 spiro atoms. The molecule has 5 heteroatoms. The monoisotopic (exact) mass is 302 g/mol. The van der Waals surface area contributed by atoms with E-state index in [1.807, 2.05) is 13.8 Å². The Morgan fingerprint density at radius 3 is 2.65 bits per heavy atom. The van der Waals surface area contributed by atoms with Crippen molar-refractivity contribution in [3.05, 3.63) is 28.2 Å². The summed E-state index contributed by atoms with van der Waals surface area (Å²) in [4.78, 5) is 10.7. The van der Waals surface area contributed by atoms with Crippen molar-refractivity contribution in [2.45, 2.75) is 20.0 Å². The molecule has 0 fully saturated rings. The van der Waals surface area contributed by atoms with Gasteiger partial charge in [0.15, 0.2) is 0 Å². The van der Waals surface area contributed by atoms with Crippen LogP contribution in [0.2, 0.25) is 0 Å². The fraction of sp³-hybridized carbons (Fsp3) is 0.417. The lowest BCUT2D eigenvalue weighted by Crippen LogP contribution is -2.11. The highest BCUT2D eigenvalue weighted by atomic mass is 79.9. The molecular weight excluding hydrogens is 288 g/mol. The zero-order chi connectivity index (χ0) is 12.8. The van der Waals surface area contributed by atoms with Gasteiger partial charge >= 0.3 is 5.97 Å². The lowest BCUT2D eigenvalue weighted by Gasteiger charge is -2.10. The van der Waals surface area contributed by atoms with Crippen LogP contribution in [0.4, 0.5) is 0 Å². The van der Waals surface area contributed by atoms with Gasteiger partial charge in [0, 0.05) is 0 Å². The fourth-order valence-corrected chi connectivity index (χ4v) is 1.68. The molecule has 0 bridgehead atoms. The van der Waals surface area contributed by atoms with Crippen LogP contribution in [0.5, 0.6) is 5.75 Å². The lowest BCUT2D eigenvalue weighted by molar-refractivity contribution is 0.0550. The molecule has 0 saturated carbocycles. The van der Waals surface area contributed by atoms with Crippen molar-refractivity contribution in [2.75, 3.05) is 13.2 Å². The van der Waals surface area contributed by atoms with Crippen molar-refractivity contribution in [3.63, 3.8) is 0 Å². The molecule has 0 aliphatic rings. The molecular formula is C12H15BrO4. The molecule has 0 aromatic heterocycles. The summed E-state index contributed by atoms with van der Waals surface area (Å²) < 4.78 is 11.4. The predicted molar refractivity (Wildman–Crippen MR) is 67.7 cm³/mol. The van der Waals surface area contributed by atoms with Crippen LogP contribution in [0, 0.1) is 0 Å². The summed E-state index contributed by atoms with van der Waals surface area (Å²) in [5.74, 6) is -0.345. The highest BCUT2D eigenvalue weighted by Gasteiger charge is 2.07. The van der Waals surface area contributed by atoms with Crippen molar-refractivity contribution in [1.29, 1.82) is 0 Å². The second-order valence-corrected chi connectivity index (χ2v) is 4.57. The van der Waals surface area contributed by atoms with Gasteiger partial charge in [-0.15, -0.1) is 0 Å². The van der Waals surface area contributed by atoms with Gasteiger partial charge in [0.25, 0.3) is 0 Å². The maximum atomic E-state index is 10.7. The Morgan fingerprint density at radius 2 is 2.12 bits per heavy atom. The molecule has 1 N–H and O–H groups in total.